The van der Waals surface area contributed by atoms with Crippen molar-refractivity contribution in [2.45, 2.75) is 19.6 Å². The van der Waals surface area contributed by atoms with Gasteiger partial charge >= 0.3 is 5.97 Å². The molecule has 0 fully saturated rings. The minimum Gasteiger partial charge on any atom is -0.469 e. The molecule has 1 rings (SSSR count). The van der Waals surface area contributed by atoms with Crippen molar-refractivity contribution in [2.75, 3.05) is 12.9 Å². The van der Waals surface area contributed by atoms with Crippen LogP contribution in [0.25, 0.3) is 0 Å². The van der Waals surface area contributed by atoms with Gasteiger partial charge < -0.3 is 9.15 Å². The number of hydrogen-bond donors (Lipinski definition) is 0. The molecule has 1 aromatic rings. The fourth-order valence-corrected chi connectivity index (χ4v) is 1.89. The van der Waals surface area contributed by atoms with Gasteiger partial charge in [0.1, 0.15) is 0 Å². The first-order chi connectivity index (χ1) is 7.13. The third-order valence-corrected chi connectivity index (χ3v) is 2.95. The number of esters is 1. The number of thioether (sulfide) groups is 1. The molecule has 0 N–H and O–H groups in total. The Morgan fingerprint density at radius 2 is 2.33 bits per heavy atom. The lowest BCUT2D eigenvalue weighted by Crippen LogP contribution is -2.14. The van der Waals surface area contributed by atoms with Gasteiger partial charge in [0.25, 0.3) is 0 Å². The lowest BCUT2D eigenvalue weighted by Gasteiger charge is -2.06. The highest BCUT2D eigenvalue weighted by Crippen LogP contribution is 2.15. The fourth-order valence-electron chi connectivity index (χ4n) is 0.988. The number of hydrogen-bond acceptors (Lipinski definition) is 6. The van der Waals surface area contributed by atoms with E-state index in [1.165, 1.54) is 7.11 Å². The minimum atomic E-state index is -0.191. The zero-order chi connectivity index (χ0) is 11.3. The maximum absolute atomic E-state index is 11.1. The highest BCUT2D eigenvalue weighted by atomic mass is 32.2. The fraction of sp³-hybridized carbons (Fsp3) is 0.667. The van der Waals surface area contributed by atoms with Crippen LogP contribution in [0, 0.1) is 12.8 Å². The van der Waals surface area contributed by atoms with Crippen molar-refractivity contribution < 1.29 is 13.9 Å². The van der Waals surface area contributed by atoms with Gasteiger partial charge in [0, 0.05) is 12.7 Å². The van der Waals surface area contributed by atoms with Crippen molar-refractivity contribution >= 4 is 17.7 Å². The van der Waals surface area contributed by atoms with Crippen molar-refractivity contribution in [3.8, 4) is 0 Å². The third-order valence-electron chi connectivity index (χ3n) is 1.76. The first kappa shape index (κ1) is 12.0. The summed E-state index contributed by atoms with van der Waals surface area (Å²) in [6.45, 7) is 3.58. The van der Waals surface area contributed by atoms with Gasteiger partial charge in [-0.1, -0.05) is 6.92 Å². The van der Waals surface area contributed by atoms with E-state index < -0.39 is 0 Å². The molecule has 0 unspecified atom stereocenters. The van der Waals surface area contributed by atoms with E-state index in [1.54, 1.807) is 18.7 Å². The molecule has 5 nitrogen and oxygen atoms in total. The van der Waals surface area contributed by atoms with Crippen LogP contribution in [0.5, 0.6) is 0 Å². The molecule has 0 aromatic carbocycles. The molecule has 1 aromatic heterocycles. The Kier molecular flexibility index (Phi) is 4.61. The van der Waals surface area contributed by atoms with Crippen molar-refractivity contribution in [3.63, 3.8) is 0 Å². The molecule has 0 amide bonds. The van der Waals surface area contributed by atoms with Gasteiger partial charge in [-0.3, -0.25) is 4.79 Å². The second-order valence-electron chi connectivity index (χ2n) is 3.15. The second-order valence-corrected chi connectivity index (χ2v) is 4.18. The third kappa shape index (κ3) is 3.91. The molecule has 0 aliphatic rings. The number of aryl methyl sites for hydroxylation is 1. The summed E-state index contributed by atoms with van der Waals surface area (Å²) in [4.78, 5) is 11.1. The van der Waals surface area contributed by atoms with E-state index in [9.17, 15) is 4.79 Å². The predicted molar refractivity (Wildman–Crippen MR) is 56.4 cm³/mol. The van der Waals surface area contributed by atoms with Crippen molar-refractivity contribution in [3.05, 3.63) is 11.8 Å². The summed E-state index contributed by atoms with van der Waals surface area (Å²) >= 11 is 1.57. The molecule has 0 aliphatic heterocycles. The quantitative estimate of drug-likeness (QED) is 0.713. The average Bonchev–Trinajstić information content (AvgIpc) is 2.63. The lowest BCUT2D eigenvalue weighted by atomic mass is 10.2. The largest absolute Gasteiger partial charge is 0.469 e. The van der Waals surface area contributed by atoms with Crippen molar-refractivity contribution in [1.82, 2.24) is 10.2 Å². The molecule has 1 atom stereocenters. The number of carbonyl (C=O) groups is 1. The maximum Gasteiger partial charge on any atom is 0.309 e. The Morgan fingerprint density at radius 1 is 1.60 bits per heavy atom. The summed E-state index contributed by atoms with van der Waals surface area (Å²) in [5.41, 5.74) is 0. The molecule has 0 spiro atoms. The van der Waals surface area contributed by atoms with Crippen molar-refractivity contribution in [1.29, 1.82) is 0 Å². The Balaban J connectivity index is 2.24. The number of carbonyl (C=O) groups excluding carboxylic acids is 1. The van der Waals surface area contributed by atoms with Crippen LogP contribution in [-0.2, 0) is 15.3 Å². The summed E-state index contributed by atoms with van der Waals surface area (Å²) in [5, 5.41) is 7.57. The van der Waals surface area contributed by atoms with Crippen LogP contribution in [0.1, 0.15) is 18.7 Å². The van der Waals surface area contributed by atoms with E-state index in [1.807, 2.05) is 6.92 Å². The first-order valence-electron chi connectivity index (χ1n) is 4.58. The molecular formula is C9H14N2O3S. The zero-order valence-corrected chi connectivity index (χ0v) is 9.84. The van der Waals surface area contributed by atoms with Gasteiger partial charge in [0.2, 0.25) is 11.8 Å². The van der Waals surface area contributed by atoms with Crippen LogP contribution in [-0.4, -0.2) is 29.0 Å². The molecule has 0 saturated heterocycles. The van der Waals surface area contributed by atoms with Gasteiger partial charge in [0.15, 0.2) is 0 Å². The van der Waals surface area contributed by atoms with Crippen LogP contribution >= 0.6 is 11.8 Å². The molecule has 6 heteroatoms. The molecule has 0 bridgehead atoms. The molecule has 0 radical (unpaired) electrons. The minimum absolute atomic E-state index is 0.107. The normalized spacial score (nSPS) is 12.5. The number of ether oxygens (including phenoxy) is 1. The summed E-state index contributed by atoms with van der Waals surface area (Å²) in [7, 11) is 1.39. The summed E-state index contributed by atoms with van der Waals surface area (Å²) in [6, 6.07) is 0. The van der Waals surface area contributed by atoms with E-state index in [2.05, 4.69) is 14.9 Å². The lowest BCUT2D eigenvalue weighted by molar-refractivity contribution is -0.143. The van der Waals surface area contributed by atoms with Gasteiger partial charge in [0.05, 0.1) is 18.8 Å². The first-order valence-corrected chi connectivity index (χ1v) is 5.73. The second kappa shape index (κ2) is 5.75. The Morgan fingerprint density at radius 3 is 2.87 bits per heavy atom. The summed E-state index contributed by atoms with van der Waals surface area (Å²) in [6.07, 6.45) is 0. The van der Waals surface area contributed by atoms with Crippen LogP contribution in [0.3, 0.4) is 0 Å². The molecule has 0 saturated carbocycles. The standard InChI is InChI=1S/C9H14N2O3S/c1-6(9(12)13-3)4-15-5-8-11-10-7(2)14-8/h6H,4-5H2,1-3H3/t6-/m0/s1. The zero-order valence-electron chi connectivity index (χ0n) is 9.02. The van der Waals surface area contributed by atoms with Crippen LogP contribution in [0.15, 0.2) is 4.42 Å². The van der Waals surface area contributed by atoms with Crippen molar-refractivity contribution in [2.24, 2.45) is 5.92 Å². The topological polar surface area (TPSA) is 65.2 Å². The maximum atomic E-state index is 11.1. The smallest absolute Gasteiger partial charge is 0.309 e. The molecule has 84 valence electrons. The van der Waals surface area contributed by atoms with Gasteiger partial charge in [-0.05, 0) is 0 Å². The average molecular weight is 230 g/mol. The molecule has 0 aliphatic carbocycles. The monoisotopic (exact) mass is 230 g/mol. The number of nitrogens with zero attached hydrogens (tertiary/aromatic N) is 2. The van der Waals surface area contributed by atoms with Gasteiger partial charge in [-0.25, -0.2) is 0 Å². The van der Waals surface area contributed by atoms with E-state index in [-0.39, 0.29) is 11.9 Å². The van der Waals surface area contributed by atoms with Crippen LogP contribution < -0.4 is 0 Å². The highest BCUT2D eigenvalue weighted by Gasteiger charge is 2.13. The van der Waals surface area contributed by atoms with E-state index in [0.29, 0.717) is 23.3 Å². The van der Waals surface area contributed by atoms with Crippen LogP contribution in [0.2, 0.25) is 0 Å². The molecule has 15 heavy (non-hydrogen) atoms. The Bertz CT molecular complexity index is 327. The van der Waals surface area contributed by atoms with Gasteiger partial charge in [-0.2, -0.15) is 11.8 Å². The number of aromatic nitrogens is 2. The van der Waals surface area contributed by atoms with E-state index >= 15 is 0 Å². The summed E-state index contributed by atoms with van der Waals surface area (Å²) < 4.78 is 9.81. The van der Waals surface area contributed by atoms with Crippen LogP contribution in [0.4, 0.5) is 0 Å². The van der Waals surface area contributed by atoms with Gasteiger partial charge in [-0.15, -0.1) is 10.2 Å². The Labute approximate surface area is 92.6 Å². The highest BCUT2D eigenvalue weighted by molar-refractivity contribution is 7.98. The predicted octanol–water partition coefficient (Wildman–Crippen LogP) is 1.42. The summed E-state index contributed by atoms with van der Waals surface area (Å²) in [5.74, 6) is 2.17. The van der Waals surface area contributed by atoms with E-state index in [0.717, 1.165) is 0 Å². The number of rotatable bonds is 5. The Hall–Kier alpha value is -1.04. The molecular weight excluding hydrogens is 216 g/mol. The van der Waals surface area contributed by atoms with E-state index in [4.69, 9.17) is 4.42 Å². The SMILES string of the molecule is COC(=O)[C@@H](C)CSCc1nnc(C)o1. The number of methoxy groups -OCH3 is 1. The molecule has 1 heterocycles.